The third-order valence-electron chi connectivity index (χ3n) is 4.59. The molecule has 0 unspecified atom stereocenters. The Kier molecular flexibility index (Phi) is 6.28. The van der Waals surface area contributed by atoms with Crippen LogP contribution in [0.15, 0.2) is 39.7 Å². The first-order valence-electron chi connectivity index (χ1n) is 9.26. The minimum Gasteiger partial charge on any atom is -0.493 e. The van der Waals surface area contributed by atoms with Crippen LogP contribution in [0.3, 0.4) is 0 Å². The standard InChI is InChI=1S/C21H17BrN2O7S/c1-28-16-6-11(5-13(22)19(16)29-2)7-17-20(26)24(21(27)32-17)9-18(25)23-12-3-4-14-15(8-12)31-10-30-14/h3-8H,9-10H2,1-2H3,(H,23,25)/b17-7+. The van der Waals surface area contributed by atoms with E-state index in [1.54, 1.807) is 36.4 Å². The van der Waals surface area contributed by atoms with Crippen LogP contribution in [-0.4, -0.2) is 49.5 Å². The maximum absolute atomic E-state index is 12.8. The van der Waals surface area contributed by atoms with Crippen molar-refractivity contribution in [1.29, 1.82) is 0 Å². The van der Waals surface area contributed by atoms with E-state index in [0.29, 0.717) is 38.7 Å². The number of methoxy groups -OCH3 is 2. The van der Waals surface area contributed by atoms with Crippen molar-refractivity contribution in [3.63, 3.8) is 0 Å². The summed E-state index contributed by atoms with van der Waals surface area (Å²) in [4.78, 5) is 38.7. The van der Waals surface area contributed by atoms with Gasteiger partial charge in [-0.25, -0.2) is 0 Å². The summed E-state index contributed by atoms with van der Waals surface area (Å²) in [6.45, 7) is -0.293. The van der Waals surface area contributed by atoms with E-state index in [1.807, 2.05) is 0 Å². The number of carbonyl (C=O) groups is 3. The lowest BCUT2D eigenvalue weighted by atomic mass is 10.2. The molecule has 0 atom stereocenters. The second-order valence-electron chi connectivity index (χ2n) is 6.62. The molecule has 0 aromatic heterocycles. The Morgan fingerprint density at radius 3 is 2.72 bits per heavy atom. The van der Waals surface area contributed by atoms with E-state index < -0.39 is 23.6 Å². The predicted octanol–water partition coefficient (Wildman–Crippen LogP) is 3.87. The minimum absolute atomic E-state index is 0.118. The van der Waals surface area contributed by atoms with Crippen LogP contribution >= 0.6 is 27.7 Å². The summed E-state index contributed by atoms with van der Waals surface area (Å²) < 4.78 is 21.7. The molecule has 2 heterocycles. The zero-order valence-electron chi connectivity index (χ0n) is 17.0. The van der Waals surface area contributed by atoms with E-state index in [4.69, 9.17) is 18.9 Å². The monoisotopic (exact) mass is 520 g/mol. The molecule has 166 valence electrons. The van der Waals surface area contributed by atoms with Crippen molar-refractivity contribution in [2.24, 2.45) is 0 Å². The lowest BCUT2D eigenvalue weighted by molar-refractivity contribution is -0.127. The molecule has 0 spiro atoms. The highest BCUT2D eigenvalue weighted by molar-refractivity contribution is 9.10. The summed E-state index contributed by atoms with van der Waals surface area (Å²) >= 11 is 4.16. The fourth-order valence-electron chi connectivity index (χ4n) is 3.13. The molecule has 3 amide bonds. The van der Waals surface area contributed by atoms with E-state index in [-0.39, 0.29) is 11.7 Å². The van der Waals surface area contributed by atoms with Crippen LogP contribution in [0.25, 0.3) is 6.08 Å². The van der Waals surface area contributed by atoms with E-state index in [0.717, 1.165) is 16.7 Å². The second kappa shape index (κ2) is 9.13. The number of carbonyl (C=O) groups excluding carboxylic acids is 3. The zero-order chi connectivity index (χ0) is 22.8. The third kappa shape index (κ3) is 4.39. The Bertz CT molecular complexity index is 1150. The quantitative estimate of drug-likeness (QED) is 0.572. The summed E-state index contributed by atoms with van der Waals surface area (Å²) in [7, 11) is 3.02. The summed E-state index contributed by atoms with van der Waals surface area (Å²) in [6, 6.07) is 8.35. The number of halogens is 1. The van der Waals surface area contributed by atoms with Gasteiger partial charge in [-0.3, -0.25) is 19.3 Å². The maximum atomic E-state index is 12.8. The molecule has 1 N–H and O–H groups in total. The number of nitrogens with one attached hydrogen (secondary N) is 1. The van der Waals surface area contributed by atoms with Gasteiger partial charge in [0.1, 0.15) is 6.54 Å². The Labute approximate surface area is 195 Å². The zero-order valence-corrected chi connectivity index (χ0v) is 19.4. The molecule has 2 aromatic carbocycles. The average Bonchev–Trinajstić information content (AvgIpc) is 3.33. The molecule has 0 bridgehead atoms. The number of anilines is 1. The molecule has 0 radical (unpaired) electrons. The van der Waals surface area contributed by atoms with Crippen molar-refractivity contribution >= 4 is 56.5 Å². The molecule has 2 aromatic rings. The van der Waals surface area contributed by atoms with Crippen molar-refractivity contribution in [3.8, 4) is 23.0 Å². The number of hydrogen-bond donors (Lipinski definition) is 1. The number of amides is 3. The van der Waals surface area contributed by atoms with Crippen molar-refractivity contribution in [2.45, 2.75) is 0 Å². The minimum atomic E-state index is -0.549. The lowest BCUT2D eigenvalue weighted by Gasteiger charge is -2.13. The first-order valence-corrected chi connectivity index (χ1v) is 10.9. The molecule has 9 nitrogen and oxygen atoms in total. The van der Waals surface area contributed by atoms with Crippen LogP contribution in [-0.2, 0) is 9.59 Å². The van der Waals surface area contributed by atoms with Gasteiger partial charge < -0.3 is 24.3 Å². The van der Waals surface area contributed by atoms with E-state index >= 15 is 0 Å². The molecule has 32 heavy (non-hydrogen) atoms. The molecule has 0 aliphatic carbocycles. The van der Waals surface area contributed by atoms with Gasteiger partial charge >= 0.3 is 0 Å². The fourth-order valence-corrected chi connectivity index (χ4v) is 4.59. The van der Waals surface area contributed by atoms with Crippen molar-refractivity contribution in [3.05, 3.63) is 45.3 Å². The van der Waals surface area contributed by atoms with Crippen LogP contribution < -0.4 is 24.3 Å². The second-order valence-corrected chi connectivity index (χ2v) is 8.47. The number of imide groups is 1. The van der Waals surface area contributed by atoms with Gasteiger partial charge in [0.25, 0.3) is 11.1 Å². The highest BCUT2D eigenvalue weighted by atomic mass is 79.9. The summed E-state index contributed by atoms with van der Waals surface area (Å²) in [5.74, 6) is 1.01. The molecule has 4 rings (SSSR count). The molecular weight excluding hydrogens is 504 g/mol. The summed E-state index contributed by atoms with van der Waals surface area (Å²) in [5, 5.41) is 2.13. The Morgan fingerprint density at radius 1 is 1.19 bits per heavy atom. The highest BCUT2D eigenvalue weighted by Gasteiger charge is 2.36. The smallest absolute Gasteiger partial charge is 0.294 e. The maximum Gasteiger partial charge on any atom is 0.294 e. The number of ether oxygens (including phenoxy) is 4. The molecule has 2 aliphatic rings. The van der Waals surface area contributed by atoms with Crippen molar-refractivity contribution < 1.29 is 33.3 Å². The molecule has 1 fully saturated rings. The number of fused-ring (bicyclic) bond motifs is 1. The Hall–Kier alpha value is -3.18. The molecule has 11 heteroatoms. The first-order chi connectivity index (χ1) is 15.4. The third-order valence-corrected chi connectivity index (χ3v) is 6.08. The van der Waals surface area contributed by atoms with Gasteiger partial charge in [0.15, 0.2) is 23.0 Å². The number of benzene rings is 2. The van der Waals surface area contributed by atoms with Gasteiger partial charge in [0, 0.05) is 11.8 Å². The first kappa shape index (κ1) is 22.0. The number of hydrogen-bond acceptors (Lipinski definition) is 8. The average molecular weight is 521 g/mol. The number of nitrogens with zero attached hydrogens (tertiary/aromatic N) is 1. The van der Waals surface area contributed by atoms with E-state index in [1.165, 1.54) is 14.2 Å². The van der Waals surface area contributed by atoms with Crippen molar-refractivity contribution in [1.82, 2.24) is 4.90 Å². The van der Waals surface area contributed by atoms with Gasteiger partial charge in [-0.05, 0) is 63.6 Å². The SMILES string of the molecule is COc1cc(/C=C2/SC(=O)N(CC(=O)Nc3ccc4c(c3)OCO4)C2=O)cc(Br)c1OC. The number of rotatable bonds is 6. The van der Waals surface area contributed by atoms with Gasteiger partial charge in [-0.2, -0.15) is 0 Å². The van der Waals surface area contributed by atoms with Gasteiger partial charge in [-0.1, -0.05) is 0 Å². The molecule has 1 saturated heterocycles. The van der Waals surface area contributed by atoms with Gasteiger partial charge in [0.05, 0.1) is 23.6 Å². The van der Waals surface area contributed by atoms with Gasteiger partial charge in [-0.15, -0.1) is 0 Å². The van der Waals surface area contributed by atoms with Gasteiger partial charge in [0.2, 0.25) is 12.7 Å². The molecular formula is C21H17BrN2O7S. The highest BCUT2D eigenvalue weighted by Crippen LogP contribution is 2.39. The van der Waals surface area contributed by atoms with Crippen LogP contribution in [0.5, 0.6) is 23.0 Å². The predicted molar refractivity (Wildman–Crippen MR) is 121 cm³/mol. The Morgan fingerprint density at radius 2 is 1.97 bits per heavy atom. The molecule has 2 aliphatic heterocycles. The van der Waals surface area contributed by atoms with Crippen LogP contribution in [0.2, 0.25) is 0 Å². The fraction of sp³-hybridized carbons (Fsp3) is 0.190. The summed E-state index contributed by atoms with van der Waals surface area (Å²) in [5.41, 5.74) is 1.10. The molecule has 0 saturated carbocycles. The van der Waals surface area contributed by atoms with Crippen LogP contribution in [0.4, 0.5) is 10.5 Å². The van der Waals surface area contributed by atoms with E-state index in [9.17, 15) is 14.4 Å². The largest absolute Gasteiger partial charge is 0.493 e. The normalized spacial score (nSPS) is 16.0. The van der Waals surface area contributed by atoms with Crippen LogP contribution in [0, 0.1) is 0 Å². The van der Waals surface area contributed by atoms with Crippen molar-refractivity contribution in [2.75, 3.05) is 32.9 Å². The number of thioether (sulfide) groups is 1. The lowest BCUT2D eigenvalue weighted by Crippen LogP contribution is -2.36. The van der Waals surface area contributed by atoms with Crippen LogP contribution in [0.1, 0.15) is 5.56 Å². The summed E-state index contributed by atoms with van der Waals surface area (Å²) in [6.07, 6.45) is 1.56. The Balaban J connectivity index is 1.47. The van der Waals surface area contributed by atoms with E-state index in [2.05, 4.69) is 21.2 Å². The topological polar surface area (TPSA) is 103 Å².